The zero-order valence-corrected chi connectivity index (χ0v) is 11.4. The molecular formula is C13H28N2O. The Bertz CT molecular complexity index is 185. The zero-order valence-electron chi connectivity index (χ0n) is 11.4. The molecule has 0 heterocycles. The molecule has 1 N–H and O–H groups in total. The summed E-state index contributed by atoms with van der Waals surface area (Å²) in [5.74, 6) is 0. The number of hydrogen-bond acceptors (Lipinski definition) is 3. The largest absolute Gasteiger partial charge is 0.378 e. The Hall–Kier alpha value is -0.120. The molecule has 1 rings (SSSR count). The van der Waals surface area contributed by atoms with Gasteiger partial charge in [0.25, 0.3) is 0 Å². The third kappa shape index (κ3) is 4.40. The number of methoxy groups -OCH3 is 1. The number of hydrogen-bond donors (Lipinski definition) is 1. The number of nitrogens with zero attached hydrogens (tertiary/aromatic N) is 1. The van der Waals surface area contributed by atoms with Gasteiger partial charge in [-0.25, -0.2) is 0 Å². The molecule has 0 spiro atoms. The van der Waals surface area contributed by atoms with Crippen molar-refractivity contribution in [3.8, 4) is 0 Å². The summed E-state index contributed by atoms with van der Waals surface area (Å²) >= 11 is 0. The minimum absolute atomic E-state index is 0.222. The van der Waals surface area contributed by atoms with Gasteiger partial charge in [0, 0.05) is 32.8 Å². The van der Waals surface area contributed by atoms with Crippen molar-refractivity contribution in [2.24, 2.45) is 0 Å². The van der Waals surface area contributed by atoms with Crippen LogP contribution in [0.3, 0.4) is 0 Å². The first-order chi connectivity index (χ1) is 7.58. The normalized spacial score (nSPS) is 19.1. The van der Waals surface area contributed by atoms with Crippen LogP contribution in [-0.4, -0.2) is 50.3 Å². The van der Waals surface area contributed by atoms with Crippen LogP contribution in [-0.2, 0) is 4.74 Å². The molecule has 1 aliphatic rings. The van der Waals surface area contributed by atoms with E-state index in [9.17, 15) is 0 Å². The van der Waals surface area contributed by atoms with Crippen LogP contribution in [0.5, 0.6) is 0 Å². The molecule has 0 saturated heterocycles. The van der Waals surface area contributed by atoms with E-state index in [0.29, 0.717) is 6.04 Å². The Kier molecular flexibility index (Phi) is 5.73. The molecule has 0 unspecified atom stereocenters. The fourth-order valence-corrected chi connectivity index (χ4v) is 2.18. The second-order valence-electron chi connectivity index (χ2n) is 5.40. The van der Waals surface area contributed by atoms with Crippen LogP contribution >= 0.6 is 0 Å². The van der Waals surface area contributed by atoms with Crippen LogP contribution < -0.4 is 5.32 Å². The molecule has 0 aromatic carbocycles. The van der Waals surface area contributed by atoms with Gasteiger partial charge < -0.3 is 15.0 Å². The van der Waals surface area contributed by atoms with Crippen LogP contribution in [0, 0.1) is 0 Å². The molecule has 0 radical (unpaired) electrons. The van der Waals surface area contributed by atoms with Crippen LogP contribution in [0.4, 0.5) is 0 Å². The smallest absolute Gasteiger partial charge is 0.0691 e. The monoisotopic (exact) mass is 228 g/mol. The number of nitrogens with one attached hydrogen (secondary N) is 1. The first kappa shape index (κ1) is 13.9. The van der Waals surface area contributed by atoms with Crippen molar-refractivity contribution >= 4 is 0 Å². The molecule has 0 aliphatic heterocycles. The lowest BCUT2D eigenvalue weighted by Gasteiger charge is -2.41. The fourth-order valence-electron chi connectivity index (χ4n) is 2.18. The molecule has 16 heavy (non-hydrogen) atoms. The van der Waals surface area contributed by atoms with Gasteiger partial charge in [-0.2, -0.15) is 0 Å². The van der Waals surface area contributed by atoms with E-state index in [1.165, 1.54) is 25.7 Å². The predicted octanol–water partition coefficient (Wildman–Crippen LogP) is 1.88. The van der Waals surface area contributed by atoms with E-state index < -0.39 is 0 Å². The fraction of sp³-hybridized carbons (Fsp3) is 1.00. The van der Waals surface area contributed by atoms with Crippen LogP contribution in [0.25, 0.3) is 0 Å². The van der Waals surface area contributed by atoms with Crippen molar-refractivity contribution in [3.05, 3.63) is 0 Å². The molecule has 96 valence electrons. The molecule has 3 nitrogen and oxygen atoms in total. The van der Waals surface area contributed by atoms with E-state index in [0.717, 1.165) is 19.6 Å². The average molecular weight is 228 g/mol. The summed E-state index contributed by atoms with van der Waals surface area (Å²) in [6.07, 6.45) is 5.03. The Morgan fingerprint density at radius 1 is 1.31 bits per heavy atom. The summed E-state index contributed by atoms with van der Waals surface area (Å²) in [6.45, 7) is 7.72. The summed E-state index contributed by atoms with van der Waals surface area (Å²) in [6, 6.07) is 0.588. The molecule has 0 amide bonds. The molecule has 0 atom stereocenters. The summed E-state index contributed by atoms with van der Waals surface area (Å²) in [4.78, 5) is 2.40. The highest BCUT2D eigenvalue weighted by Gasteiger charge is 2.36. The summed E-state index contributed by atoms with van der Waals surface area (Å²) in [5, 5.41) is 3.44. The third-order valence-corrected chi connectivity index (χ3v) is 3.69. The Balaban J connectivity index is 2.07. The molecule has 0 aromatic heterocycles. The second kappa shape index (κ2) is 6.58. The van der Waals surface area contributed by atoms with E-state index in [2.05, 4.69) is 31.1 Å². The van der Waals surface area contributed by atoms with E-state index in [-0.39, 0.29) is 5.60 Å². The maximum atomic E-state index is 5.62. The molecule has 1 saturated carbocycles. The van der Waals surface area contributed by atoms with E-state index in [4.69, 9.17) is 4.74 Å². The maximum Gasteiger partial charge on any atom is 0.0691 e. The summed E-state index contributed by atoms with van der Waals surface area (Å²) < 4.78 is 5.62. The third-order valence-electron chi connectivity index (χ3n) is 3.69. The lowest BCUT2D eigenvalue weighted by Crippen LogP contribution is -2.43. The minimum Gasteiger partial charge on any atom is -0.378 e. The van der Waals surface area contributed by atoms with Crippen LogP contribution in [0.15, 0.2) is 0 Å². The maximum absolute atomic E-state index is 5.62. The van der Waals surface area contributed by atoms with Crippen LogP contribution in [0.1, 0.15) is 39.5 Å². The summed E-state index contributed by atoms with van der Waals surface area (Å²) in [5.41, 5.74) is 0.222. The predicted molar refractivity (Wildman–Crippen MR) is 68.8 cm³/mol. The van der Waals surface area contributed by atoms with Gasteiger partial charge in [0.05, 0.1) is 5.60 Å². The van der Waals surface area contributed by atoms with Gasteiger partial charge in [-0.1, -0.05) is 13.8 Å². The quantitative estimate of drug-likeness (QED) is 0.686. The summed E-state index contributed by atoms with van der Waals surface area (Å²) in [7, 11) is 4.06. The van der Waals surface area contributed by atoms with Gasteiger partial charge in [0.15, 0.2) is 0 Å². The molecule has 3 heteroatoms. The highest BCUT2D eigenvalue weighted by Crippen LogP contribution is 2.37. The standard InChI is InChI=1S/C13H28N2O/c1-12(2)14-9-11-15(3)10-8-13(16-4)6-5-7-13/h12,14H,5-11H2,1-4H3. The lowest BCUT2D eigenvalue weighted by molar-refractivity contribution is -0.0810. The number of rotatable bonds is 8. The van der Waals surface area contributed by atoms with Gasteiger partial charge in [0.1, 0.15) is 0 Å². The highest BCUT2D eigenvalue weighted by atomic mass is 16.5. The highest BCUT2D eigenvalue weighted by molar-refractivity contribution is 4.89. The Morgan fingerprint density at radius 3 is 2.44 bits per heavy atom. The minimum atomic E-state index is 0.222. The van der Waals surface area contributed by atoms with E-state index in [1.807, 2.05) is 7.11 Å². The van der Waals surface area contributed by atoms with E-state index in [1.54, 1.807) is 0 Å². The van der Waals surface area contributed by atoms with E-state index >= 15 is 0 Å². The van der Waals surface area contributed by atoms with Gasteiger partial charge in [-0.15, -0.1) is 0 Å². The first-order valence-electron chi connectivity index (χ1n) is 6.55. The van der Waals surface area contributed by atoms with Crippen molar-refractivity contribution in [2.45, 2.75) is 51.2 Å². The van der Waals surface area contributed by atoms with Crippen molar-refractivity contribution in [1.82, 2.24) is 10.2 Å². The zero-order chi connectivity index (χ0) is 12.0. The number of likely N-dealkylation sites (N-methyl/N-ethyl adjacent to an activating group) is 1. The Labute approximate surface area is 101 Å². The molecule has 0 aromatic rings. The Morgan fingerprint density at radius 2 is 2.00 bits per heavy atom. The van der Waals surface area contributed by atoms with Crippen LogP contribution in [0.2, 0.25) is 0 Å². The molecular weight excluding hydrogens is 200 g/mol. The van der Waals surface area contributed by atoms with Gasteiger partial charge in [0.2, 0.25) is 0 Å². The van der Waals surface area contributed by atoms with Gasteiger partial charge in [-0.05, 0) is 32.7 Å². The second-order valence-corrected chi connectivity index (χ2v) is 5.40. The topological polar surface area (TPSA) is 24.5 Å². The SMILES string of the molecule is COC1(CCN(C)CCNC(C)C)CCC1. The molecule has 0 bridgehead atoms. The van der Waals surface area contributed by atoms with Crippen molar-refractivity contribution in [1.29, 1.82) is 0 Å². The lowest BCUT2D eigenvalue weighted by atomic mass is 9.77. The van der Waals surface area contributed by atoms with Crippen molar-refractivity contribution in [2.75, 3.05) is 33.8 Å². The first-order valence-corrected chi connectivity index (χ1v) is 6.55. The average Bonchev–Trinajstić information content (AvgIpc) is 2.16. The van der Waals surface area contributed by atoms with Gasteiger partial charge in [-0.3, -0.25) is 0 Å². The van der Waals surface area contributed by atoms with Crippen molar-refractivity contribution in [3.63, 3.8) is 0 Å². The molecule has 1 aliphatic carbocycles. The molecule has 1 fully saturated rings. The number of ether oxygens (including phenoxy) is 1. The van der Waals surface area contributed by atoms with Gasteiger partial charge >= 0.3 is 0 Å². The van der Waals surface area contributed by atoms with Crippen molar-refractivity contribution < 1.29 is 4.74 Å².